The number of hydrogen-bond acceptors (Lipinski definition) is 3. The lowest BCUT2D eigenvalue weighted by Crippen LogP contribution is -2.31. The van der Waals surface area contributed by atoms with E-state index in [1.807, 2.05) is 0 Å². The highest BCUT2D eigenvalue weighted by molar-refractivity contribution is 7.92. The Kier molecular flexibility index (Phi) is 5.98. The van der Waals surface area contributed by atoms with Gasteiger partial charge in [0, 0.05) is 6.61 Å². The Morgan fingerprint density at radius 2 is 1.69 bits per heavy atom. The Hall–Kier alpha value is -0.0900. The van der Waals surface area contributed by atoms with Crippen molar-refractivity contribution in [1.82, 2.24) is 0 Å². The fourth-order valence-corrected chi connectivity index (χ4v) is 2.83. The van der Waals surface area contributed by atoms with E-state index in [1.165, 1.54) is 0 Å². The molecule has 0 aliphatic carbocycles. The second-order valence-corrected chi connectivity index (χ2v) is 8.76. The first-order valence-corrected chi connectivity index (χ1v) is 7.58. The maximum Gasteiger partial charge on any atom is 0.155 e. The molecule has 0 aliphatic heterocycles. The van der Waals surface area contributed by atoms with Crippen LogP contribution in [0.3, 0.4) is 0 Å². The first-order chi connectivity index (χ1) is 7.10. The Balaban J connectivity index is 4.33. The van der Waals surface area contributed by atoms with Crippen LogP contribution in [0.5, 0.6) is 0 Å². The van der Waals surface area contributed by atoms with Crippen molar-refractivity contribution in [2.45, 2.75) is 52.2 Å². The highest BCUT2D eigenvalue weighted by Crippen LogP contribution is 2.21. The highest BCUT2D eigenvalue weighted by atomic mass is 32.2. The minimum atomic E-state index is -3.05. The maximum atomic E-state index is 11.9. The molecule has 0 rings (SSSR count). The molecular formula is C12H26O3S. The summed E-state index contributed by atoms with van der Waals surface area (Å²) in [5, 5.41) is 9.18. The van der Waals surface area contributed by atoms with E-state index in [4.69, 9.17) is 0 Å². The summed E-state index contributed by atoms with van der Waals surface area (Å²) < 4.78 is 23.1. The zero-order valence-electron chi connectivity index (χ0n) is 11.2. The summed E-state index contributed by atoms with van der Waals surface area (Å²) in [5.74, 6) is 0.778. The number of aliphatic hydroxyl groups excluding tert-OH is 1. The van der Waals surface area contributed by atoms with E-state index in [1.54, 1.807) is 20.8 Å². The third-order valence-corrected chi connectivity index (χ3v) is 5.43. The third-order valence-electron chi connectivity index (χ3n) is 2.79. The van der Waals surface area contributed by atoms with Gasteiger partial charge < -0.3 is 5.11 Å². The zero-order valence-corrected chi connectivity index (χ0v) is 12.0. The van der Waals surface area contributed by atoms with Gasteiger partial charge in [-0.3, -0.25) is 0 Å². The minimum absolute atomic E-state index is 0.0812. The molecule has 0 bridgehead atoms. The minimum Gasteiger partial charge on any atom is -0.396 e. The van der Waals surface area contributed by atoms with Crippen molar-refractivity contribution in [3.8, 4) is 0 Å². The van der Waals surface area contributed by atoms with E-state index < -0.39 is 14.6 Å². The number of hydrogen-bond donors (Lipinski definition) is 1. The number of rotatable bonds is 6. The molecule has 0 aromatic carbocycles. The van der Waals surface area contributed by atoms with Gasteiger partial charge in [-0.25, -0.2) is 8.42 Å². The fraction of sp³-hybridized carbons (Fsp3) is 1.00. The molecule has 1 unspecified atom stereocenters. The van der Waals surface area contributed by atoms with Crippen molar-refractivity contribution in [3.63, 3.8) is 0 Å². The van der Waals surface area contributed by atoms with Crippen molar-refractivity contribution in [3.05, 3.63) is 0 Å². The Labute approximate surface area is 100 Å². The molecule has 0 aliphatic rings. The van der Waals surface area contributed by atoms with E-state index in [9.17, 15) is 13.5 Å². The van der Waals surface area contributed by atoms with Crippen molar-refractivity contribution in [1.29, 1.82) is 0 Å². The third kappa shape index (κ3) is 5.30. The van der Waals surface area contributed by atoms with Gasteiger partial charge in [-0.2, -0.15) is 0 Å². The van der Waals surface area contributed by atoms with Gasteiger partial charge in [0.1, 0.15) is 0 Å². The molecule has 98 valence electrons. The molecule has 0 saturated carbocycles. The average Bonchev–Trinajstić information content (AvgIpc) is 2.09. The van der Waals surface area contributed by atoms with Gasteiger partial charge in [0.15, 0.2) is 9.84 Å². The first kappa shape index (κ1) is 15.9. The standard InChI is InChI=1S/C12H26O3S/c1-10(2)8-11(9-13)6-7-16(14,15)12(3,4)5/h10-11,13H,6-9H2,1-5H3. The molecule has 0 spiro atoms. The molecule has 1 N–H and O–H groups in total. The van der Waals surface area contributed by atoms with Gasteiger partial charge in [0.2, 0.25) is 0 Å². The van der Waals surface area contributed by atoms with Crippen LogP contribution in [-0.4, -0.2) is 30.6 Å². The van der Waals surface area contributed by atoms with Crippen LogP contribution in [0.2, 0.25) is 0 Å². The number of sulfone groups is 1. The van der Waals surface area contributed by atoms with Gasteiger partial charge in [0.25, 0.3) is 0 Å². The Bertz CT molecular complexity index is 286. The van der Waals surface area contributed by atoms with Crippen molar-refractivity contribution >= 4 is 9.84 Å². The first-order valence-electron chi connectivity index (χ1n) is 5.93. The van der Waals surface area contributed by atoms with Crippen molar-refractivity contribution in [2.75, 3.05) is 12.4 Å². The van der Waals surface area contributed by atoms with Gasteiger partial charge in [0.05, 0.1) is 10.5 Å². The van der Waals surface area contributed by atoms with Gasteiger partial charge >= 0.3 is 0 Å². The molecular weight excluding hydrogens is 224 g/mol. The molecule has 0 heterocycles. The molecule has 0 fully saturated rings. The molecule has 16 heavy (non-hydrogen) atoms. The van der Waals surface area contributed by atoms with E-state index in [0.717, 1.165) is 6.42 Å². The van der Waals surface area contributed by atoms with Crippen LogP contribution < -0.4 is 0 Å². The molecule has 1 atom stereocenters. The van der Waals surface area contributed by atoms with Crippen LogP contribution in [0.1, 0.15) is 47.5 Å². The smallest absolute Gasteiger partial charge is 0.155 e. The van der Waals surface area contributed by atoms with E-state index in [-0.39, 0.29) is 18.3 Å². The van der Waals surface area contributed by atoms with Crippen LogP contribution >= 0.6 is 0 Å². The maximum absolute atomic E-state index is 11.9. The van der Waals surface area contributed by atoms with Crippen LogP contribution in [0, 0.1) is 11.8 Å². The topological polar surface area (TPSA) is 54.4 Å². The lowest BCUT2D eigenvalue weighted by molar-refractivity contribution is 0.202. The average molecular weight is 250 g/mol. The molecule has 0 aromatic rings. The summed E-state index contributed by atoms with van der Waals surface area (Å²) in [5.41, 5.74) is 0. The fourth-order valence-electron chi connectivity index (χ4n) is 1.58. The molecule has 0 aromatic heterocycles. The second kappa shape index (κ2) is 6.01. The summed E-state index contributed by atoms with van der Waals surface area (Å²) in [4.78, 5) is 0. The lowest BCUT2D eigenvalue weighted by Gasteiger charge is -2.22. The van der Waals surface area contributed by atoms with E-state index in [0.29, 0.717) is 12.3 Å². The summed E-state index contributed by atoms with van der Waals surface area (Å²) in [6.07, 6.45) is 1.45. The van der Waals surface area contributed by atoms with Crippen LogP contribution in [0.4, 0.5) is 0 Å². The molecule has 0 radical (unpaired) electrons. The zero-order chi connectivity index (χ0) is 13.0. The quantitative estimate of drug-likeness (QED) is 0.786. The number of aliphatic hydroxyl groups is 1. The van der Waals surface area contributed by atoms with Crippen LogP contribution in [0.25, 0.3) is 0 Å². The molecule has 4 heteroatoms. The summed E-state index contributed by atoms with van der Waals surface area (Å²) in [6, 6.07) is 0. The monoisotopic (exact) mass is 250 g/mol. The Morgan fingerprint density at radius 3 is 2.00 bits per heavy atom. The van der Waals surface area contributed by atoms with Crippen molar-refractivity contribution < 1.29 is 13.5 Å². The predicted molar refractivity (Wildman–Crippen MR) is 68.2 cm³/mol. The van der Waals surface area contributed by atoms with Crippen LogP contribution in [0.15, 0.2) is 0 Å². The van der Waals surface area contributed by atoms with Gasteiger partial charge in [-0.15, -0.1) is 0 Å². The Morgan fingerprint density at radius 1 is 1.19 bits per heavy atom. The van der Waals surface area contributed by atoms with Crippen LogP contribution in [-0.2, 0) is 9.84 Å². The van der Waals surface area contributed by atoms with Gasteiger partial charge in [-0.1, -0.05) is 13.8 Å². The van der Waals surface area contributed by atoms with E-state index in [2.05, 4.69) is 13.8 Å². The highest BCUT2D eigenvalue weighted by Gasteiger charge is 2.29. The van der Waals surface area contributed by atoms with Gasteiger partial charge in [-0.05, 0) is 45.4 Å². The van der Waals surface area contributed by atoms with E-state index >= 15 is 0 Å². The second-order valence-electron chi connectivity index (χ2n) is 5.90. The summed E-state index contributed by atoms with van der Waals surface area (Å²) in [7, 11) is -3.05. The summed E-state index contributed by atoms with van der Waals surface area (Å²) >= 11 is 0. The summed E-state index contributed by atoms with van der Waals surface area (Å²) in [6.45, 7) is 9.41. The largest absolute Gasteiger partial charge is 0.396 e. The molecule has 0 amide bonds. The predicted octanol–water partition coefficient (Wildman–Crippen LogP) is 2.24. The SMILES string of the molecule is CC(C)CC(CO)CCS(=O)(=O)C(C)(C)C. The normalized spacial score (nSPS) is 15.4. The van der Waals surface area contributed by atoms with Crippen molar-refractivity contribution in [2.24, 2.45) is 11.8 Å². The molecule has 3 nitrogen and oxygen atoms in total. The molecule has 0 saturated heterocycles. The lowest BCUT2D eigenvalue weighted by atomic mass is 9.96.